The Balaban J connectivity index is 2.44. The van der Waals surface area contributed by atoms with Gasteiger partial charge in [0.2, 0.25) is 5.82 Å². The third kappa shape index (κ3) is 3.05. The van der Waals surface area contributed by atoms with E-state index in [1.807, 2.05) is 26.2 Å². The molecule has 0 saturated carbocycles. The van der Waals surface area contributed by atoms with Gasteiger partial charge in [-0.05, 0) is 27.2 Å². The first kappa shape index (κ1) is 15.4. The van der Waals surface area contributed by atoms with E-state index in [0.717, 1.165) is 11.4 Å². The lowest BCUT2D eigenvalue weighted by Crippen LogP contribution is -2.29. The van der Waals surface area contributed by atoms with E-state index in [9.17, 15) is 10.1 Å². The summed E-state index contributed by atoms with van der Waals surface area (Å²) in [5.74, 6) is 0.444. The van der Waals surface area contributed by atoms with Crippen molar-refractivity contribution in [2.75, 3.05) is 5.32 Å². The smallest absolute Gasteiger partial charge is 0.333 e. The average molecular weight is 309 g/mol. The van der Waals surface area contributed by atoms with Gasteiger partial charge in [0.15, 0.2) is 0 Å². The van der Waals surface area contributed by atoms with Crippen molar-refractivity contribution in [2.45, 2.75) is 46.2 Å². The molecule has 2 aromatic heterocycles. The van der Waals surface area contributed by atoms with Crippen LogP contribution in [0.4, 0.5) is 11.5 Å². The van der Waals surface area contributed by atoms with Crippen LogP contribution in [0.3, 0.4) is 0 Å². The number of aromatic nitrogens is 3. The monoisotopic (exact) mass is 309 g/mol. The lowest BCUT2D eigenvalue weighted by atomic mass is 10.1. The number of anilines is 1. The number of aryl methyl sites for hydroxylation is 2. The van der Waals surface area contributed by atoms with Crippen LogP contribution in [-0.2, 0) is 12.1 Å². The molecule has 7 nitrogen and oxygen atoms in total. The number of rotatable bonds is 6. The maximum atomic E-state index is 11.3. The van der Waals surface area contributed by atoms with Crippen LogP contribution < -0.4 is 5.32 Å². The van der Waals surface area contributed by atoms with Gasteiger partial charge in [-0.25, -0.2) is 9.67 Å². The number of hydrogen-bond donors (Lipinski definition) is 1. The van der Waals surface area contributed by atoms with E-state index >= 15 is 0 Å². The molecule has 114 valence electrons. The quantitative estimate of drug-likeness (QED) is 0.653. The highest BCUT2D eigenvalue weighted by Gasteiger charge is 2.31. The number of nitrogens with zero attached hydrogens (tertiary/aromatic N) is 4. The Bertz CT molecular complexity index is 633. The van der Waals surface area contributed by atoms with E-state index in [0.29, 0.717) is 18.1 Å². The Morgan fingerprint density at radius 2 is 2.24 bits per heavy atom. The number of hydrogen-bond acceptors (Lipinski definition) is 6. The van der Waals surface area contributed by atoms with Gasteiger partial charge >= 0.3 is 5.69 Å². The molecule has 1 N–H and O–H groups in total. The van der Waals surface area contributed by atoms with Crippen molar-refractivity contribution in [1.29, 1.82) is 0 Å². The molecule has 0 aromatic carbocycles. The predicted octanol–water partition coefficient (Wildman–Crippen LogP) is 3.31. The van der Waals surface area contributed by atoms with Gasteiger partial charge in [0, 0.05) is 18.1 Å². The van der Waals surface area contributed by atoms with Crippen LogP contribution >= 0.6 is 11.3 Å². The fraction of sp³-hybridized carbons (Fsp3) is 0.538. The van der Waals surface area contributed by atoms with Crippen LogP contribution in [0.5, 0.6) is 0 Å². The van der Waals surface area contributed by atoms with Crippen LogP contribution in [0.2, 0.25) is 0 Å². The molecule has 0 spiro atoms. The first-order valence-electron chi connectivity index (χ1n) is 6.76. The van der Waals surface area contributed by atoms with Gasteiger partial charge in [0.05, 0.1) is 10.5 Å². The third-order valence-electron chi connectivity index (χ3n) is 3.11. The minimum absolute atomic E-state index is 0.0353. The second kappa shape index (κ2) is 5.80. The second-order valence-electron chi connectivity index (χ2n) is 5.35. The molecular formula is C13H19N5O2S. The van der Waals surface area contributed by atoms with E-state index in [1.54, 1.807) is 17.8 Å². The van der Waals surface area contributed by atoms with Crippen LogP contribution in [-0.4, -0.2) is 19.7 Å². The first-order chi connectivity index (χ1) is 9.86. The van der Waals surface area contributed by atoms with Gasteiger partial charge in [-0.1, -0.05) is 6.92 Å². The number of thiazole rings is 1. The summed E-state index contributed by atoms with van der Waals surface area (Å²) in [5, 5.41) is 21.6. The molecule has 2 rings (SSSR count). The molecule has 2 aromatic rings. The minimum Gasteiger partial charge on any atom is -0.353 e. The van der Waals surface area contributed by atoms with Crippen molar-refractivity contribution >= 4 is 22.8 Å². The molecule has 0 aliphatic rings. The molecule has 0 amide bonds. The Kier molecular flexibility index (Phi) is 4.26. The summed E-state index contributed by atoms with van der Waals surface area (Å²) in [6, 6.07) is 0. The Morgan fingerprint density at radius 1 is 1.52 bits per heavy atom. The van der Waals surface area contributed by atoms with Gasteiger partial charge < -0.3 is 5.32 Å². The molecule has 0 aliphatic carbocycles. The average Bonchev–Trinajstić information content (AvgIpc) is 2.99. The number of nitro groups is 1. The van der Waals surface area contributed by atoms with Gasteiger partial charge in [-0.2, -0.15) is 5.10 Å². The first-order valence-corrected chi connectivity index (χ1v) is 7.64. The summed E-state index contributed by atoms with van der Waals surface area (Å²) in [5.41, 5.74) is -0.0457. The summed E-state index contributed by atoms with van der Waals surface area (Å²) >= 11 is 1.52. The van der Waals surface area contributed by atoms with E-state index in [-0.39, 0.29) is 10.6 Å². The highest BCUT2D eigenvalue weighted by atomic mass is 32.1. The van der Waals surface area contributed by atoms with Gasteiger partial charge in [-0.15, -0.1) is 11.3 Å². The fourth-order valence-corrected chi connectivity index (χ4v) is 2.89. The lowest BCUT2D eigenvalue weighted by molar-refractivity contribution is -0.384. The van der Waals surface area contributed by atoms with E-state index in [4.69, 9.17) is 0 Å². The topological polar surface area (TPSA) is 85.9 Å². The summed E-state index contributed by atoms with van der Waals surface area (Å²) in [7, 11) is 0. The summed E-state index contributed by atoms with van der Waals surface area (Å²) in [6.07, 6.45) is 2.58. The van der Waals surface area contributed by atoms with Crippen LogP contribution in [0.25, 0.3) is 0 Å². The molecule has 0 aliphatic heterocycles. The summed E-state index contributed by atoms with van der Waals surface area (Å²) in [6.45, 7) is 8.21. The Labute approximate surface area is 127 Å². The van der Waals surface area contributed by atoms with Crippen LogP contribution in [0, 0.1) is 17.0 Å². The zero-order valence-corrected chi connectivity index (χ0v) is 13.4. The molecule has 21 heavy (non-hydrogen) atoms. The number of nitrogens with one attached hydrogen (secondary N) is 1. The van der Waals surface area contributed by atoms with E-state index < -0.39 is 5.54 Å². The Morgan fingerprint density at radius 3 is 2.76 bits per heavy atom. The normalized spacial score (nSPS) is 11.6. The summed E-state index contributed by atoms with van der Waals surface area (Å²) in [4.78, 5) is 15.2. The molecular weight excluding hydrogens is 290 g/mol. The fourth-order valence-electron chi connectivity index (χ4n) is 2.17. The zero-order chi connectivity index (χ0) is 15.6. The largest absolute Gasteiger partial charge is 0.353 e. The van der Waals surface area contributed by atoms with Crippen molar-refractivity contribution in [1.82, 2.24) is 14.8 Å². The van der Waals surface area contributed by atoms with Gasteiger partial charge in [0.1, 0.15) is 10.7 Å². The van der Waals surface area contributed by atoms with Gasteiger partial charge in [0.25, 0.3) is 0 Å². The van der Waals surface area contributed by atoms with E-state index in [2.05, 4.69) is 15.4 Å². The maximum Gasteiger partial charge on any atom is 0.333 e. The zero-order valence-electron chi connectivity index (χ0n) is 12.6. The van der Waals surface area contributed by atoms with Gasteiger partial charge in [-0.3, -0.25) is 10.1 Å². The molecule has 2 heterocycles. The maximum absolute atomic E-state index is 11.3. The molecule has 0 unspecified atom stereocenters. The molecule has 0 atom stereocenters. The third-order valence-corrected chi connectivity index (χ3v) is 4.21. The minimum atomic E-state index is -0.503. The highest BCUT2D eigenvalue weighted by Crippen LogP contribution is 2.34. The lowest BCUT2D eigenvalue weighted by Gasteiger charge is -2.25. The molecule has 0 fully saturated rings. The van der Waals surface area contributed by atoms with Crippen molar-refractivity contribution < 1.29 is 4.92 Å². The molecule has 8 heteroatoms. The van der Waals surface area contributed by atoms with Crippen LogP contribution in [0.1, 0.15) is 37.9 Å². The SMILES string of the molecule is CCCn1nc(C)c([N+](=O)[O-])c1NC(C)(C)c1nccs1. The van der Waals surface area contributed by atoms with Crippen molar-refractivity contribution in [2.24, 2.45) is 0 Å². The van der Waals surface area contributed by atoms with E-state index in [1.165, 1.54) is 11.3 Å². The Hall–Kier alpha value is -1.96. The molecule has 0 bridgehead atoms. The van der Waals surface area contributed by atoms with Crippen molar-refractivity contribution in [3.63, 3.8) is 0 Å². The van der Waals surface area contributed by atoms with Crippen LogP contribution in [0.15, 0.2) is 11.6 Å². The highest BCUT2D eigenvalue weighted by molar-refractivity contribution is 7.09. The molecule has 0 saturated heterocycles. The molecule has 0 radical (unpaired) electrons. The second-order valence-corrected chi connectivity index (χ2v) is 6.24. The standard InChI is InChI=1S/C13H19N5O2S/c1-5-7-17-11(10(18(19)20)9(2)16-17)15-13(3,4)12-14-6-8-21-12/h6,8,15H,5,7H2,1-4H3. The summed E-state index contributed by atoms with van der Waals surface area (Å²) < 4.78 is 1.67. The van der Waals surface area contributed by atoms with Crippen molar-refractivity contribution in [3.05, 3.63) is 32.4 Å². The van der Waals surface area contributed by atoms with Crippen molar-refractivity contribution in [3.8, 4) is 0 Å². The predicted molar refractivity (Wildman–Crippen MR) is 82.7 cm³/mol.